The molecule has 146 valence electrons. The lowest BCUT2D eigenvalue weighted by molar-refractivity contribution is -0.116. The fourth-order valence-corrected chi connectivity index (χ4v) is 4.93. The second kappa shape index (κ2) is 8.70. The third kappa shape index (κ3) is 4.98. The molecule has 0 aliphatic carbocycles. The van der Waals surface area contributed by atoms with Crippen LogP contribution in [0.25, 0.3) is 0 Å². The zero-order valence-corrected chi connectivity index (χ0v) is 17.1. The van der Waals surface area contributed by atoms with Gasteiger partial charge in [-0.2, -0.15) is 4.31 Å². The van der Waals surface area contributed by atoms with E-state index in [0.717, 1.165) is 15.6 Å². The first-order valence-corrected chi connectivity index (χ1v) is 10.1. The van der Waals surface area contributed by atoms with Gasteiger partial charge in [0.15, 0.2) is 0 Å². The van der Waals surface area contributed by atoms with E-state index < -0.39 is 28.4 Å². The highest BCUT2D eigenvalue weighted by molar-refractivity contribution is 7.91. The van der Waals surface area contributed by atoms with E-state index >= 15 is 0 Å². The summed E-state index contributed by atoms with van der Waals surface area (Å²) in [5, 5.41) is 2.51. The van der Waals surface area contributed by atoms with Gasteiger partial charge in [-0.15, -0.1) is 11.3 Å². The first kappa shape index (κ1) is 21.2. The van der Waals surface area contributed by atoms with Gasteiger partial charge in [-0.05, 0) is 30.3 Å². The maximum Gasteiger partial charge on any atom is 0.340 e. The molecule has 8 nitrogen and oxygen atoms in total. The molecule has 0 saturated heterocycles. The van der Waals surface area contributed by atoms with E-state index in [4.69, 9.17) is 21.1 Å². The fraction of sp³-hybridized carbons (Fsp3) is 0.250. The number of benzene rings is 1. The van der Waals surface area contributed by atoms with Crippen molar-refractivity contribution >= 4 is 50.5 Å². The maximum absolute atomic E-state index is 12.4. The van der Waals surface area contributed by atoms with Crippen LogP contribution in [0.5, 0.6) is 5.75 Å². The minimum Gasteiger partial charge on any atom is -0.497 e. The SMILES string of the molecule is COC(=O)c1cc(OC)ccc1NC(=O)CN(C)S(=O)(=O)c1ccc(Cl)s1. The Morgan fingerprint density at radius 1 is 1.22 bits per heavy atom. The molecule has 27 heavy (non-hydrogen) atoms. The predicted octanol–water partition coefficient (Wildman–Crippen LogP) is 2.46. The molecule has 0 spiro atoms. The second-order valence-electron chi connectivity index (χ2n) is 5.27. The third-order valence-electron chi connectivity index (χ3n) is 3.49. The number of anilines is 1. The van der Waals surface area contributed by atoms with Crippen molar-refractivity contribution in [3.8, 4) is 5.75 Å². The lowest BCUT2D eigenvalue weighted by Gasteiger charge is -2.16. The summed E-state index contributed by atoms with van der Waals surface area (Å²) in [6.45, 7) is -0.454. The van der Waals surface area contributed by atoms with E-state index in [2.05, 4.69) is 5.32 Å². The summed E-state index contributed by atoms with van der Waals surface area (Å²) in [6.07, 6.45) is 0. The molecule has 1 N–H and O–H groups in total. The largest absolute Gasteiger partial charge is 0.497 e. The number of amides is 1. The van der Waals surface area contributed by atoms with Crippen LogP contribution < -0.4 is 10.1 Å². The van der Waals surface area contributed by atoms with Gasteiger partial charge in [0, 0.05) is 7.05 Å². The van der Waals surface area contributed by atoms with E-state index in [-0.39, 0.29) is 15.5 Å². The van der Waals surface area contributed by atoms with Crippen molar-refractivity contribution in [2.75, 3.05) is 33.1 Å². The van der Waals surface area contributed by atoms with Crippen LogP contribution in [-0.2, 0) is 19.6 Å². The number of hydrogen-bond donors (Lipinski definition) is 1. The van der Waals surface area contributed by atoms with Gasteiger partial charge in [-0.1, -0.05) is 11.6 Å². The van der Waals surface area contributed by atoms with Crippen molar-refractivity contribution in [1.82, 2.24) is 4.31 Å². The normalized spacial score (nSPS) is 11.3. The number of thiophene rings is 1. The number of likely N-dealkylation sites (N-methyl/N-ethyl adjacent to an activating group) is 1. The Balaban J connectivity index is 2.17. The molecule has 2 aromatic rings. The standard InChI is InChI=1S/C16H17ClN2O6S2/c1-19(27(22,23)15-7-6-13(17)26-15)9-14(20)18-12-5-4-10(24-2)8-11(12)16(21)25-3/h4-8H,9H2,1-3H3,(H,18,20). The molecule has 2 rings (SSSR count). The van der Waals surface area contributed by atoms with Crippen LogP contribution in [0.3, 0.4) is 0 Å². The number of nitrogens with one attached hydrogen (secondary N) is 1. The van der Waals surface area contributed by atoms with Gasteiger partial charge >= 0.3 is 5.97 Å². The number of rotatable bonds is 7. The Labute approximate surface area is 165 Å². The number of sulfonamides is 1. The van der Waals surface area contributed by atoms with Crippen LogP contribution in [0.15, 0.2) is 34.5 Å². The number of esters is 1. The molecule has 0 fully saturated rings. The van der Waals surface area contributed by atoms with Gasteiger partial charge in [0.1, 0.15) is 9.96 Å². The molecular weight excluding hydrogens is 416 g/mol. The number of hydrogen-bond acceptors (Lipinski definition) is 7. The van der Waals surface area contributed by atoms with E-state index in [1.165, 1.54) is 45.5 Å². The summed E-state index contributed by atoms with van der Waals surface area (Å²) < 4.78 is 35.9. The Hall–Kier alpha value is -2.14. The number of halogens is 1. The van der Waals surface area contributed by atoms with Gasteiger partial charge in [0.25, 0.3) is 10.0 Å². The van der Waals surface area contributed by atoms with Gasteiger partial charge in [-0.3, -0.25) is 4.79 Å². The highest BCUT2D eigenvalue weighted by Crippen LogP contribution is 2.28. The third-order valence-corrected chi connectivity index (χ3v) is 6.99. The van der Waals surface area contributed by atoms with Crippen LogP contribution in [0.1, 0.15) is 10.4 Å². The van der Waals surface area contributed by atoms with E-state index in [9.17, 15) is 18.0 Å². The van der Waals surface area contributed by atoms with Gasteiger partial charge in [-0.25, -0.2) is 13.2 Å². The highest BCUT2D eigenvalue weighted by atomic mass is 35.5. The monoisotopic (exact) mass is 432 g/mol. The topological polar surface area (TPSA) is 102 Å². The molecule has 0 aliphatic heterocycles. The van der Waals surface area contributed by atoms with Crippen LogP contribution in [0.2, 0.25) is 4.34 Å². The highest BCUT2D eigenvalue weighted by Gasteiger charge is 2.25. The molecule has 0 aliphatic rings. The Morgan fingerprint density at radius 2 is 1.93 bits per heavy atom. The smallest absolute Gasteiger partial charge is 0.340 e. The van der Waals surface area contributed by atoms with Crippen molar-refractivity contribution in [2.24, 2.45) is 0 Å². The van der Waals surface area contributed by atoms with Crippen LogP contribution in [-0.4, -0.2) is 52.4 Å². The van der Waals surface area contributed by atoms with Crippen molar-refractivity contribution in [1.29, 1.82) is 0 Å². The van der Waals surface area contributed by atoms with Gasteiger partial charge in [0.2, 0.25) is 5.91 Å². The van der Waals surface area contributed by atoms with Crippen LogP contribution >= 0.6 is 22.9 Å². The van der Waals surface area contributed by atoms with Crippen molar-refractivity contribution in [3.05, 3.63) is 40.2 Å². The molecule has 0 atom stereocenters. The molecular formula is C16H17ClN2O6S2. The lowest BCUT2D eigenvalue weighted by Crippen LogP contribution is -2.34. The summed E-state index contributed by atoms with van der Waals surface area (Å²) >= 11 is 6.67. The minimum absolute atomic E-state index is 0.0301. The summed E-state index contributed by atoms with van der Waals surface area (Å²) in [6, 6.07) is 7.27. The zero-order valence-electron chi connectivity index (χ0n) is 14.7. The quantitative estimate of drug-likeness (QED) is 0.674. The molecule has 0 saturated carbocycles. The van der Waals surface area contributed by atoms with E-state index in [1.807, 2.05) is 0 Å². The predicted molar refractivity (Wildman–Crippen MR) is 102 cm³/mol. The fourth-order valence-electron chi connectivity index (χ4n) is 2.11. The van der Waals surface area contributed by atoms with Gasteiger partial charge < -0.3 is 14.8 Å². The minimum atomic E-state index is -3.85. The Morgan fingerprint density at radius 3 is 2.48 bits per heavy atom. The molecule has 1 amide bonds. The first-order valence-electron chi connectivity index (χ1n) is 7.47. The summed E-state index contributed by atoms with van der Waals surface area (Å²) in [7, 11) is 0.0673. The van der Waals surface area contributed by atoms with Crippen LogP contribution in [0.4, 0.5) is 5.69 Å². The first-order chi connectivity index (χ1) is 12.7. The molecule has 0 radical (unpaired) electrons. The van der Waals surface area contributed by atoms with Crippen molar-refractivity contribution < 1.29 is 27.5 Å². The molecule has 1 heterocycles. The van der Waals surface area contributed by atoms with E-state index in [1.54, 1.807) is 6.07 Å². The molecule has 0 bridgehead atoms. The number of carbonyl (C=O) groups excluding carboxylic acids is 2. The van der Waals surface area contributed by atoms with Gasteiger partial charge in [0.05, 0.1) is 36.4 Å². The molecule has 0 unspecified atom stereocenters. The Kier molecular flexibility index (Phi) is 6.82. The maximum atomic E-state index is 12.4. The van der Waals surface area contributed by atoms with Crippen molar-refractivity contribution in [3.63, 3.8) is 0 Å². The number of carbonyl (C=O) groups is 2. The summed E-state index contributed by atoms with van der Waals surface area (Å²) in [4.78, 5) is 24.2. The number of nitrogens with zero attached hydrogens (tertiary/aromatic N) is 1. The van der Waals surface area contributed by atoms with Crippen molar-refractivity contribution in [2.45, 2.75) is 4.21 Å². The second-order valence-corrected chi connectivity index (χ2v) is 9.26. The Bertz CT molecular complexity index is 958. The summed E-state index contributed by atoms with van der Waals surface area (Å²) in [5.74, 6) is -0.889. The van der Waals surface area contributed by atoms with Crippen LogP contribution in [0, 0.1) is 0 Å². The molecule has 1 aromatic carbocycles. The number of ether oxygens (including phenoxy) is 2. The molecule has 11 heteroatoms. The zero-order chi connectivity index (χ0) is 20.2. The molecule has 1 aromatic heterocycles. The van der Waals surface area contributed by atoms with E-state index in [0.29, 0.717) is 10.1 Å². The summed E-state index contributed by atoms with van der Waals surface area (Å²) in [5.41, 5.74) is 0.262. The lowest BCUT2D eigenvalue weighted by atomic mass is 10.1. The average molecular weight is 433 g/mol. The average Bonchev–Trinajstić information content (AvgIpc) is 3.08. The number of methoxy groups -OCH3 is 2.